The quantitative estimate of drug-likeness (QED) is 0.564. The second-order valence-corrected chi connectivity index (χ2v) is 3.59. The summed E-state index contributed by atoms with van der Waals surface area (Å²) in [5, 5.41) is 0. The number of carbonyl (C=O) groups is 1. The molecule has 0 aliphatic carbocycles. The first kappa shape index (κ1) is 8.57. The molecule has 2 atom stereocenters. The second kappa shape index (κ2) is 3.24. The number of amides is 1. The number of carbonyl (C=O) groups excluding carboxylic acids is 1. The summed E-state index contributed by atoms with van der Waals surface area (Å²) >= 11 is 0. The first-order chi connectivity index (χ1) is 5.15. The molecule has 0 N–H and O–H groups in total. The van der Waals surface area contributed by atoms with Gasteiger partial charge in [0.1, 0.15) is 0 Å². The van der Waals surface area contributed by atoms with Gasteiger partial charge in [0, 0.05) is 19.0 Å². The molecule has 1 aliphatic heterocycles. The van der Waals surface area contributed by atoms with Crippen molar-refractivity contribution in [3.8, 4) is 0 Å². The Morgan fingerprint density at radius 2 is 2.18 bits per heavy atom. The van der Waals surface area contributed by atoms with Crippen molar-refractivity contribution in [3.63, 3.8) is 0 Å². The standard InChI is InChI=1S/C9H17NO/c1-4-9(11)10-6-7(2)5-8(10)3/h7-8H,4-6H2,1-3H3/t7-,8-/m0/s1. The molecule has 0 radical (unpaired) electrons. The Morgan fingerprint density at radius 3 is 2.55 bits per heavy atom. The van der Waals surface area contributed by atoms with Crippen molar-refractivity contribution >= 4 is 5.91 Å². The van der Waals surface area contributed by atoms with Gasteiger partial charge < -0.3 is 4.90 Å². The van der Waals surface area contributed by atoms with E-state index in [1.54, 1.807) is 0 Å². The van der Waals surface area contributed by atoms with Crippen LogP contribution in [-0.4, -0.2) is 23.4 Å². The van der Waals surface area contributed by atoms with Gasteiger partial charge in [-0.1, -0.05) is 13.8 Å². The van der Waals surface area contributed by atoms with Crippen LogP contribution in [0.15, 0.2) is 0 Å². The van der Waals surface area contributed by atoms with Gasteiger partial charge in [0.2, 0.25) is 5.91 Å². The van der Waals surface area contributed by atoms with E-state index in [1.807, 2.05) is 11.8 Å². The minimum atomic E-state index is 0.307. The van der Waals surface area contributed by atoms with E-state index in [1.165, 1.54) is 6.42 Å². The van der Waals surface area contributed by atoms with Crippen molar-refractivity contribution in [2.45, 2.75) is 39.7 Å². The van der Waals surface area contributed by atoms with E-state index in [9.17, 15) is 4.79 Å². The molecule has 2 heteroatoms. The van der Waals surface area contributed by atoms with Gasteiger partial charge in [-0.15, -0.1) is 0 Å². The van der Waals surface area contributed by atoms with E-state index in [4.69, 9.17) is 0 Å². The molecule has 0 aromatic heterocycles. The van der Waals surface area contributed by atoms with Gasteiger partial charge in [0.05, 0.1) is 0 Å². The molecule has 0 spiro atoms. The lowest BCUT2D eigenvalue weighted by atomic mass is 10.1. The molecule has 1 heterocycles. The molecular formula is C9H17NO. The summed E-state index contributed by atoms with van der Waals surface area (Å²) in [4.78, 5) is 13.3. The normalized spacial score (nSPS) is 31.0. The zero-order chi connectivity index (χ0) is 8.43. The fraction of sp³-hybridized carbons (Fsp3) is 0.889. The summed E-state index contributed by atoms with van der Waals surface area (Å²) in [7, 11) is 0. The van der Waals surface area contributed by atoms with Crippen LogP contribution in [0, 0.1) is 5.92 Å². The third-order valence-corrected chi connectivity index (χ3v) is 2.41. The SMILES string of the molecule is CCC(=O)N1C[C@@H](C)C[C@@H]1C. The molecule has 1 rings (SSSR count). The first-order valence-electron chi connectivity index (χ1n) is 4.44. The van der Waals surface area contributed by atoms with Crippen molar-refractivity contribution in [1.29, 1.82) is 0 Å². The van der Waals surface area contributed by atoms with Crippen molar-refractivity contribution in [2.75, 3.05) is 6.54 Å². The molecule has 0 unspecified atom stereocenters. The maximum absolute atomic E-state index is 11.3. The van der Waals surface area contributed by atoms with Crippen LogP contribution >= 0.6 is 0 Å². The summed E-state index contributed by atoms with van der Waals surface area (Å²) in [5.74, 6) is 1.00. The third kappa shape index (κ3) is 1.73. The van der Waals surface area contributed by atoms with Gasteiger partial charge in [0.15, 0.2) is 0 Å². The van der Waals surface area contributed by atoms with Crippen molar-refractivity contribution in [3.05, 3.63) is 0 Å². The summed E-state index contributed by atoms with van der Waals surface area (Å²) in [5.41, 5.74) is 0. The van der Waals surface area contributed by atoms with E-state index < -0.39 is 0 Å². The zero-order valence-electron chi connectivity index (χ0n) is 7.63. The average Bonchev–Trinajstić information content (AvgIpc) is 2.28. The van der Waals surface area contributed by atoms with Crippen LogP contribution in [-0.2, 0) is 4.79 Å². The van der Waals surface area contributed by atoms with Crippen LogP contribution in [0.2, 0.25) is 0 Å². The van der Waals surface area contributed by atoms with Crippen LogP contribution in [0.5, 0.6) is 0 Å². The average molecular weight is 155 g/mol. The van der Waals surface area contributed by atoms with Crippen molar-refractivity contribution in [2.24, 2.45) is 5.92 Å². The Bertz CT molecular complexity index is 156. The Balaban J connectivity index is 2.52. The Hall–Kier alpha value is -0.530. The van der Waals surface area contributed by atoms with Crippen LogP contribution in [0.3, 0.4) is 0 Å². The molecule has 1 aliphatic rings. The topological polar surface area (TPSA) is 20.3 Å². The summed E-state index contributed by atoms with van der Waals surface area (Å²) < 4.78 is 0. The summed E-state index contributed by atoms with van der Waals surface area (Å²) in [6, 6.07) is 0.470. The highest BCUT2D eigenvalue weighted by molar-refractivity contribution is 5.76. The van der Waals surface area contributed by atoms with Crippen molar-refractivity contribution in [1.82, 2.24) is 4.90 Å². The van der Waals surface area contributed by atoms with Crippen molar-refractivity contribution < 1.29 is 4.79 Å². The Labute approximate surface area is 68.6 Å². The highest BCUT2D eigenvalue weighted by Gasteiger charge is 2.28. The van der Waals surface area contributed by atoms with Gasteiger partial charge in [-0.25, -0.2) is 0 Å². The number of hydrogen-bond donors (Lipinski definition) is 0. The molecule has 1 amide bonds. The van der Waals surface area contributed by atoms with Crippen LogP contribution in [0.1, 0.15) is 33.6 Å². The fourth-order valence-corrected chi connectivity index (χ4v) is 1.85. The van der Waals surface area contributed by atoms with E-state index in [2.05, 4.69) is 13.8 Å². The number of hydrogen-bond acceptors (Lipinski definition) is 1. The minimum absolute atomic E-state index is 0.307. The van der Waals surface area contributed by atoms with Gasteiger partial charge in [-0.05, 0) is 19.3 Å². The van der Waals surface area contributed by atoms with Gasteiger partial charge in [0.25, 0.3) is 0 Å². The highest BCUT2D eigenvalue weighted by atomic mass is 16.2. The lowest BCUT2D eigenvalue weighted by Gasteiger charge is -2.20. The smallest absolute Gasteiger partial charge is 0.222 e. The van der Waals surface area contributed by atoms with E-state index in [0.29, 0.717) is 24.3 Å². The Kier molecular flexibility index (Phi) is 2.53. The maximum Gasteiger partial charge on any atom is 0.222 e. The summed E-state index contributed by atoms with van der Waals surface area (Å²) in [6.45, 7) is 7.24. The van der Waals surface area contributed by atoms with E-state index in [0.717, 1.165) is 6.54 Å². The fourth-order valence-electron chi connectivity index (χ4n) is 1.85. The lowest BCUT2D eigenvalue weighted by Crippen LogP contribution is -2.33. The molecule has 11 heavy (non-hydrogen) atoms. The highest BCUT2D eigenvalue weighted by Crippen LogP contribution is 2.22. The Morgan fingerprint density at radius 1 is 1.55 bits per heavy atom. The summed E-state index contributed by atoms with van der Waals surface area (Å²) in [6.07, 6.45) is 1.82. The van der Waals surface area contributed by atoms with Gasteiger partial charge >= 0.3 is 0 Å². The predicted molar refractivity (Wildman–Crippen MR) is 45.2 cm³/mol. The molecule has 0 bridgehead atoms. The van der Waals surface area contributed by atoms with Gasteiger partial charge in [-0.3, -0.25) is 4.79 Å². The molecule has 0 aromatic rings. The minimum Gasteiger partial charge on any atom is -0.340 e. The number of rotatable bonds is 1. The largest absolute Gasteiger partial charge is 0.340 e. The van der Waals surface area contributed by atoms with Crippen LogP contribution < -0.4 is 0 Å². The molecule has 1 fully saturated rings. The van der Waals surface area contributed by atoms with E-state index >= 15 is 0 Å². The van der Waals surface area contributed by atoms with E-state index in [-0.39, 0.29) is 0 Å². The molecule has 1 saturated heterocycles. The van der Waals surface area contributed by atoms with Crippen LogP contribution in [0.25, 0.3) is 0 Å². The molecular weight excluding hydrogens is 138 g/mol. The first-order valence-corrected chi connectivity index (χ1v) is 4.44. The van der Waals surface area contributed by atoms with Crippen LogP contribution in [0.4, 0.5) is 0 Å². The monoisotopic (exact) mass is 155 g/mol. The number of likely N-dealkylation sites (tertiary alicyclic amines) is 1. The number of nitrogens with zero attached hydrogens (tertiary/aromatic N) is 1. The maximum atomic E-state index is 11.3. The lowest BCUT2D eigenvalue weighted by molar-refractivity contribution is -0.131. The zero-order valence-corrected chi connectivity index (χ0v) is 7.63. The van der Waals surface area contributed by atoms with Gasteiger partial charge in [-0.2, -0.15) is 0 Å². The molecule has 64 valence electrons. The second-order valence-electron chi connectivity index (χ2n) is 3.59. The predicted octanol–water partition coefficient (Wildman–Crippen LogP) is 1.65. The molecule has 0 aromatic carbocycles. The molecule has 0 saturated carbocycles. The third-order valence-electron chi connectivity index (χ3n) is 2.41. The molecule has 2 nitrogen and oxygen atoms in total.